The van der Waals surface area contributed by atoms with Gasteiger partial charge in [-0.1, -0.05) is 0 Å². The fourth-order valence-electron chi connectivity index (χ4n) is 4.34. The van der Waals surface area contributed by atoms with Crippen LogP contribution in [0.2, 0.25) is 0 Å². The second-order valence-corrected chi connectivity index (χ2v) is 8.90. The summed E-state index contributed by atoms with van der Waals surface area (Å²) in [5.41, 5.74) is 0.620. The smallest absolute Gasteiger partial charge is 0.253 e. The highest BCUT2D eigenvalue weighted by Crippen LogP contribution is 2.33. The molecule has 0 unspecified atom stereocenters. The average molecular weight is 403 g/mol. The van der Waals surface area contributed by atoms with Crippen LogP contribution >= 0.6 is 0 Å². The van der Waals surface area contributed by atoms with Gasteiger partial charge in [-0.3, -0.25) is 9.78 Å². The lowest BCUT2D eigenvalue weighted by molar-refractivity contribution is -0.00257. The number of pyridine rings is 1. The first-order chi connectivity index (χ1) is 13.7. The summed E-state index contributed by atoms with van der Waals surface area (Å²) < 4.78 is 27.5. The fraction of sp³-hybridized carbons (Fsp3) is 0.545. The van der Waals surface area contributed by atoms with Gasteiger partial charge in [0.2, 0.25) is 0 Å². The summed E-state index contributed by atoms with van der Waals surface area (Å²) in [5, 5.41) is 13.7. The number of aliphatic hydroxyl groups is 1. The van der Waals surface area contributed by atoms with Gasteiger partial charge in [0.25, 0.3) is 5.91 Å². The molecule has 1 saturated carbocycles. The highest BCUT2D eigenvalue weighted by atomic mass is 19.1. The molecule has 1 aromatic heterocycles. The molecule has 2 N–H and O–H groups in total. The molecular weight excluding hydrogens is 376 g/mol. The Bertz CT molecular complexity index is 914. The maximum atomic E-state index is 14.4. The lowest BCUT2D eigenvalue weighted by Crippen LogP contribution is -2.48. The van der Waals surface area contributed by atoms with Crippen LogP contribution in [0.4, 0.5) is 14.5 Å². The predicted octanol–water partition coefficient (Wildman–Crippen LogP) is 3.59. The number of hydrogen-bond acceptors (Lipinski definition) is 4. The summed E-state index contributed by atoms with van der Waals surface area (Å²) in [6.07, 6.45) is 3.97. The number of alkyl halides is 1. The number of nitrogens with zero attached hydrogens (tertiary/aromatic N) is 2. The molecule has 2 aromatic rings. The first kappa shape index (κ1) is 20.0. The molecule has 1 amide bonds. The van der Waals surface area contributed by atoms with E-state index in [4.69, 9.17) is 0 Å². The Labute approximate surface area is 169 Å². The highest BCUT2D eigenvalue weighted by molar-refractivity contribution is 5.97. The number of amides is 1. The molecule has 2 heterocycles. The van der Waals surface area contributed by atoms with E-state index >= 15 is 0 Å². The van der Waals surface area contributed by atoms with E-state index in [2.05, 4.69) is 10.3 Å². The van der Waals surface area contributed by atoms with Crippen LogP contribution in [-0.2, 0) is 0 Å². The van der Waals surface area contributed by atoms with Crippen LogP contribution in [0.1, 0.15) is 49.9 Å². The molecule has 0 spiro atoms. The van der Waals surface area contributed by atoms with Crippen LogP contribution in [0, 0.1) is 11.7 Å². The lowest BCUT2D eigenvalue weighted by Gasteiger charge is -2.36. The van der Waals surface area contributed by atoms with Gasteiger partial charge in [0.1, 0.15) is 12.0 Å². The van der Waals surface area contributed by atoms with Gasteiger partial charge in [-0.25, -0.2) is 8.78 Å². The minimum atomic E-state index is -0.914. The number of carbonyl (C=O) groups excluding carboxylic acids is 1. The van der Waals surface area contributed by atoms with Crippen molar-refractivity contribution in [3.8, 4) is 0 Å². The predicted molar refractivity (Wildman–Crippen MR) is 108 cm³/mol. The average Bonchev–Trinajstić information content (AvgIpc) is 2.64. The molecule has 0 radical (unpaired) electrons. The third-order valence-corrected chi connectivity index (χ3v) is 6.25. The maximum absolute atomic E-state index is 14.4. The Morgan fingerprint density at radius 1 is 1.21 bits per heavy atom. The highest BCUT2D eigenvalue weighted by Gasteiger charge is 2.32. The molecule has 2 fully saturated rings. The summed E-state index contributed by atoms with van der Waals surface area (Å²) >= 11 is 0. The van der Waals surface area contributed by atoms with Crippen molar-refractivity contribution in [2.24, 2.45) is 5.92 Å². The van der Waals surface area contributed by atoms with E-state index in [1.165, 1.54) is 12.3 Å². The number of fused-ring (bicyclic) bond motifs is 1. The Morgan fingerprint density at radius 2 is 1.90 bits per heavy atom. The van der Waals surface area contributed by atoms with E-state index in [0.717, 1.165) is 25.7 Å². The summed E-state index contributed by atoms with van der Waals surface area (Å²) in [5.74, 6) is -0.415. The van der Waals surface area contributed by atoms with Gasteiger partial charge in [0, 0.05) is 17.6 Å². The Balaban J connectivity index is 1.44. The van der Waals surface area contributed by atoms with Crippen LogP contribution in [0.3, 0.4) is 0 Å². The molecule has 1 aromatic carbocycles. The molecule has 1 aliphatic heterocycles. The number of anilines is 1. The Hall–Kier alpha value is -2.28. The monoisotopic (exact) mass is 403 g/mol. The Morgan fingerprint density at radius 3 is 2.52 bits per heavy atom. The van der Waals surface area contributed by atoms with Crippen molar-refractivity contribution in [2.45, 2.75) is 57.3 Å². The summed E-state index contributed by atoms with van der Waals surface area (Å²) in [4.78, 5) is 18.6. The molecule has 0 atom stereocenters. The van der Waals surface area contributed by atoms with Crippen molar-refractivity contribution >= 4 is 22.5 Å². The van der Waals surface area contributed by atoms with Crippen molar-refractivity contribution in [3.63, 3.8) is 0 Å². The first-order valence-electron chi connectivity index (χ1n) is 10.2. The molecule has 4 rings (SSSR count). The van der Waals surface area contributed by atoms with Crippen molar-refractivity contribution in [2.75, 3.05) is 18.0 Å². The molecule has 7 heteroatoms. The lowest BCUT2D eigenvalue weighted by atomic mass is 9.77. The van der Waals surface area contributed by atoms with E-state index in [0.29, 0.717) is 22.2 Å². The fourth-order valence-corrected chi connectivity index (χ4v) is 4.34. The van der Waals surface area contributed by atoms with E-state index in [9.17, 15) is 18.7 Å². The molecule has 2 aliphatic rings. The van der Waals surface area contributed by atoms with Crippen LogP contribution in [-0.4, -0.2) is 46.9 Å². The van der Waals surface area contributed by atoms with Crippen LogP contribution in [0.25, 0.3) is 10.9 Å². The van der Waals surface area contributed by atoms with Crippen LogP contribution < -0.4 is 10.2 Å². The third-order valence-electron chi connectivity index (χ3n) is 6.25. The number of rotatable bonds is 4. The molecule has 1 saturated heterocycles. The van der Waals surface area contributed by atoms with Gasteiger partial charge in [0.05, 0.1) is 35.5 Å². The second kappa shape index (κ2) is 7.52. The van der Waals surface area contributed by atoms with Gasteiger partial charge in [-0.2, -0.15) is 0 Å². The number of benzene rings is 1. The zero-order valence-corrected chi connectivity index (χ0v) is 16.8. The number of aromatic nitrogens is 1. The molecule has 156 valence electrons. The van der Waals surface area contributed by atoms with Crippen molar-refractivity contribution in [1.29, 1.82) is 0 Å². The summed E-state index contributed by atoms with van der Waals surface area (Å²) in [7, 11) is 0. The standard InChI is InChI=1S/C22H27F2N3O2/c1-22(2,29)15-3-5-17(6-4-15)26-21(28)14-7-13-8-18(24)20(9-19(13)25-10-14)27-11-16(23)12-27/h7-10,15-17,29H,3-6,11-12H2,1-2H3,(H,26,28)/t15-,17-. The largest absolute Gasteiger partial charge is 0.390 e. The van der Waals surface area contributed by atoms with Crippen molar-refractivity contribution in [1.82, 2.24) is 10.3 Å². The quantitative estimate of drug-likeness (QED) is 0.819. The number of hydrogen-bond donors (Lipinski definition) is 2. The zero-order chi connectivity index (χ0) is 20.8. The minimum absolute atomic E-state index is 0.0657. The van der Waals surface area contributed by atoms with Gasteiger partial charge >= 0.3 is 0 Å². The molecule has 0 bridgehead atoms. The van der Waals surface area contributed by atoms with Gasteiger partial charge in [-0.05, 0) is 63.6 Å². The third kappa shape index (κ3) is 4.20. The first-order valence-corrected chi connectivity index (χ1v) is 10.2. The normalized spacial score (nSPS) is 23.1. The molecule has 29 heavy (non-hydrogen) atoms. The van der Waals surface area contributed by atoms with Crippen LogP contribution in [0.15, 0.2) is 24.4 Å². The minimum Gasteiger partial charge on any atom is -0.390 e. The molecule has 1 aliphatic carbocycles. The maximum Gasteiger partial charge on any atom is 0.253 e. The number of halogens is 2. The van der Waals surface area contributed by atoms with Gasteiger partial charge in [-0.15, -0.1) is 0 Å². The number of carbonyl (C=O) groups is 1. The van der Waals surface area contributed by atoms with Gasteiger partial charge in [0.15, 0.2) is 0 Å². The van der Waals surface area contributed by atoms with E-state index in [1.54, 1.807) is 17.0 Å². The van der Waals surface area contributed by atoms with E-state index < -0.39 is 17.6 Å². The van der Waals surface area contributed by atoms with Crippen molar-refractivity contribution < 1.29 is 18.7 Å². The molecule has 5 nitrogen and oxygen atoms in total. The van der Waals surface area contributed by atoms with Gasteiger partial charge < -0.3 is 15.3 Å². The summed E-state index contributed by atoms with van der Waals surface area (Å²) in [6.45, 7) is 4.05. The second-order valence-electron chi connectivity index (χ2n) is 8.90. The van der Waals surface area contributed by atoms with E-state index in [-0.39, 0.29) is 31.0 Å². The zero-order valence-electron chi connectivity index (χ0n) is 16.8. The molecular formula is C22H27F2N3O2. The Kier molecular flexibility index (Phi) is 5.19. The number of nitrogens with one attached hydrogen (secondary N) is 1. The topological polar surface area (TPSA) is 65.5 Å². The van der Waals surface area contributed by atoms with Crippen LogP contribution in [0.5, 0.6) is 0 Å². The summed E-state index contributed by atoms with van der Waals surface area (Å²) in [6, 6.07) is 4.67. The SMILES string of the molecule is CC(C)(O)[C@H]1CC[C@H](NC(=O)c2cnc3cc(N4CC(F)C4)c(F)cc3c2)CC1. The van der Waals surface area contributed by atoms with Crippen molar-refractivity contribution in [3.05, 3.63) is 35.8 Å². The van der Waals surface area contributed by atoms with E-state index in [1.807, 2.05) is 13.8 Å².